The van der Waals surface area contributed by atoms with Crippen LogP contribution in [0.4, 0.5) is 0 Å². The van der Waals surface area contributed by atoms with Crippen LogP contribution in [0, 0.1) is 18.3 Å². The van der Waals surface area contributed by atoms with Crippen molar-refractivity contribution in [1.82, 2.24) is 4.90 Å². The Balaban J connectivity index is 2.47. The van der Waals surface area contributed by atoms with Crippen LogP contribution in [0.15, 0.2) is 0 Å². The number of nitrogens with zero attached hydrogens (tertiary/aromatic N) is 1. The molecule has 90 valence electrons. The van der Waals surface area contributed by atoms with Gasteiger partial charge in [0.2, 0.25) is 5.91 Å². The van der Waals surface area contributed by atoms with Crippen LogP contribution in [-0.2, 0) is 4.79 Å². The molecule has 0 aromatic heterocycles. The number of hydrogen-bond acceptors (Lipinski definition) is 2. The van der Waals surface area contributed by atoms with Crippen LogP contribution in [0.5, 0.6) is 0 Å². The number of terminal acetylenes is 1. The van der Waals surface area contributed by atoms with Crippen molar-refractivity contribution in [3.8, 4) is 12.3 Å². The number of carbonyl (C=O) groups is 1. The molecule has 1 unspecified atom stereocenters. The zero-order chi connectivity index (χ0) is 12.1. The number of hydrogen-bond donors (Lipinski definition) is 1. The molecule has 1 fully saturated rings. The molecule has 2 N–H and O–H groups in total. The van der Waals surface area contributed by atoms with E-state index in [1.54, 1.807) is 4.90 Å². The lowest BCUT2D eigenvalue weighted by Gasteiger charge is -2.34. The minimum absolute atomic E-state index is 0.0162. The topological polar surface area (TPSA) is 46.3 Å². The second kappa shape index (κ2) is 5.91. The molecule has 0 radical (unpaired) electrons. The minimum Gasteiger partial charge on any atom is -0.341 e. The molecule has 1 rings (SSSR count). The third kappa shape index (κ3) is 3.24. The van der Waals surface area contributed by atoms with Crippen molar-refractivity contribution in [3.05, 3.63) is 0 Å². The van der Waals surface area contributed by atoms with E-state index in [4.69, 9.17) is 12.2 Å². The molecule has 0 bridgehead atoms. The van der Waals surface area contributed by atoms with Gasteiger partial charge in [-0.15, -0.1) is 12.3 Å². The first-order valence-corrected chi connectivity index (χ1v) is 6.02. The summed E-state index contributed by atoms with van der Waals surface area (Å²) < 4.78 is 0. The summed E-state index contributed by atoms with van der Waals surface area (Å²) >= 11 is 0. The summed E-state index contributed by atoms with van der Waals surface area (Å²) in [4.78, 5) is 13.7. The average Bonchev–Trinajstić information content (AvgIpc) is 2.28. The van der Waals surface area contributed by atoms with Crippen molar-refractivity contribution in [3.63, 3.8) is 0 Å². The molecule has 0 heterocycles. The zero-order valence-electron chi connectivity index (χ0n) is 10.3. The summed E-state index contributed by atoms with van der Waals surface area (Å²) in [5.74, 6) is 3.22. The van der Waals surface area contributed by atoms with Crippen LogP contribution in [0.25, 0.3) is 0 Å². The summed E-state index contributed by atoms with van der Waals surface area (Å²) in [6, 6.07) is -0.179. The molecule has 1 aliphatic rings. The highest BCUT2D eigenvalue weighted by atomic mass is 16.2. The number of amides is 1. The Hall–Kier alpha value is -1.01. The normalized spacial score (nSPS) is 26.9. The van der Waals surface area contributed by atoms with E-state index < -0.39 is 6.04 Å². The Morgan fingerprint density at radius 2 is 2.06 bits per heavy atom. The lowest BCUT2D eigenvalue weighted by Crippen LogP contribution is -2.47. The first kappa shape index (κ1) is 13.1. The van der Waals surface area contributed by atoms with Gasteiger partial charge in [-0.2, -0.15) is 0 Å². The fraction of sp³-hybridized carbons (Fsp3) is 0.769. The van der Waals surface area contributed by atoms with Gasteiger partial charge in [0.25, 0.3) is 0 Å². The molecule has 0 aliphatic heterocycles. The molecule has 1 aliphatic carbocycles. The number of rotatable bonds is 3. The third-order valence-corrected chi connectivity index (χ3v) is 3.54. The van der Waals surface area contributed by atoms with Crippen molar-refractivity contribution < 1.29 is 4.79 Å². The van der Waals surface area contributed by atoms with Crippen LogP contribution in [0.3, 0.4) is 0 Å². The lowest BCUT2D eigenvalue weighted by atomic mass is 9.86. The predicted molar refractivity (Wildman–Crippen MR) is 65.6 cm³/mol. The van der Waals surface area contributed by atoms with Crippen LogP contribution in [0.1, 0.15) is 39.0 Å². The fourth-order valence-electron chi connectivity index (χ4n) is 2.29. The Morgan fingerprint density at radius 3 is 2.56 bits per heavy atom. The van der Waals surface area contributed by atoms with Crippen LogP contribution in [0.2, 0.25) is 0 Å². The minimum atomic E-state index is -0.533. The SMILES string of the molecule is C#CCC(N)C(=O)N(C)C1CCC(C)CC1. The summed E-state index contributed by atoms with van der Waals surface area (Å²) in [6.07, 6.45) is 10.1. The van der Waals surface area contributed by atoms with Gasteiger partial charge in [-0.25, -0.2) is 0 Å². The van der Waals surface area contributed by atoms with Crippen molar-refractivity contribution in [2.45, 2.75) is 51.1 Å². The smallest absolute Gasteiger partial charge is 0.240 e. The third-order valence-electron chi connectivity index (χ3n) is 3.54. The van der Waals surface area contributed by atoms with Crippen molar-refractivity contribution in [2.75, 3.05) is 7.05 Å². The highest BCUT2D eigenvalue weighted by Crippen LogP contribution is 2.26. The molecule has 16 heavy (non-hydrogen) atoms. The van der Waals surface area contributed by atoms with Gasteiger partial charge >= 0.3 is 0 Å². The lowest BCUT2D eigenvalue weighted by molar-refractivity contribution is -0.134. The molecule has 3 nitrogen and oxygen atoms in total. The first-order valence-electron chi connectivity index (χ1n) is 6.02. The van der Waals surface area contributed by atoms with Crippen molar-refractivity contribution in [1.29, 1.82) is 0 Å². The van der Waals surface area contributed by atoms with E-state index in [0.717, 1.165) is 18.8 Å². The van der Waals surface area contributed by atoms with Gasteiger partial charge in [0.05, 0.1) is 6.04 Å². The Bertz CT molecular complexity index is 274. The fourth-order valence-corrected chi connectivity index (χ4v) is 2.29. The van der Waals surface area contributed by atoms with Crippen LogP contribution >= 0.6 is 0 Å². The van der Waals surface area contributed by atoms with E-state index in [9.17, 15) is 4.79 Å². The predicted octanol–water partition coefficient (Wildman–Crippen LogP) is 1.37. The maximum absolute atomic E-state index is 11.9. The molecule has 1 saturated carbocycles. The second-order valence-electron chi connectivity index (χ2n) is 4.88. The highest BCUT2D eigenvalue weighted by Gasteiger charge is 2.27. The van der Waals surface area contributed by atoms with E-state index >= 15 is 0 Å². The number of likely N-dealkylation sites (N-methyl/N-ethyl adjacent to an activating group) is 1. The molecule has 1 atom stereocenters. The summed E-state index contributed by atoms with van der Waals surface area (Å²) in [6.45, 7) is 2.27. The van der Waals surface area contributed by atoms with Gasteiger partial charge in [-0.1, -0.05) is 6.92 Å². The Kier molecular flexibility index (Phi) is 4.82. The Morgan fingerprint density at radius 1 is 1.50 bits per heavy atom. The van der Waals surface area contributed by atoms with E-state index in [0.29, 0.717) is 12.5 Å². The van der Waals surface area contributed by atoms with Crippen LogP contribution < -0.4 is 5.73 Å². The van der Waals surface area contributed by atoms with Gasteiger partial charge in [0.15, 0.2) is 0 Å². The summed E-state index contributed by atoms with van der Waals surface area (Å²) in [5.41, 5.74) is 5.73. The molecule has 3 heteroatoms. The van der Waals surface area contributed by atoms with Crippen molar-refractivity contribution >= 4 is 5.91 Å². The maximum atomic E-state index is 11.9. The second-order valence-corrected chi connectivity index (χ2v) is 4.88. The number of nitrogens with two attached hydrogens (primary N) is 1. The summed E-state index contributed by atoms with van der Waals surface area (Å²) in [5, 5.41) is 0. The molecule has 0 spiro atoms. The van der Waals surface area contributed by atoms with Crippen molar-refractivity contribution in [2.24, 2.45) is 11.7 Å². The molecular formula is C13H22N2O. The van der Waals surface area contributed by atoms with Gasteiger partial charge in [-0.05, 0) is 31.6 Å². The molecule has 0 saturated heterocycles. The quantitative estimate of drug-likeness (QED) is 0.733. The van der Waals surface area contributed by atoms with Crippen LogP contribution in [-0.4, -0.2) is 29.9 Å². The van der Waals surface area contributed by atoms with Gasteiger partial charge in [-0.3, -0.25) is 4.79 Å². The van der Waals surface area contributed by atoms with E-state index in [1.165, 1.54) is 12.8 Å². The Labute approximate surface area is 98.4 Å². The van der Waals surface area contributed by atoms with E-state index in [1.807, 2.05) is 7.05 Å². The average molecular weight is 222 g/mol. The standard InChI is InChI=1S/C13H22N2O/c1-4-5-12(14)13(16)15(3)11-8-6-10(2)7-9-11/h1,10-12H,5-9,14H2,2-3H3. The highest BCUT2D eigenvalue weighted by molar-refractivity contribution is 5.82. The summed E-state index contributed by atoms with van der Waals surface area (Å²) in [7, 11) is 1.85. The monoisotopic (exact) mass is 222 g/mol. The van der Waals surface area contributed by atoms with Gasteiger partial charge in [0, 0.05) is 19.5 Å². The van der Waals surface area contributed by atoms with Gasteiger partial charge < -0.3 is 10.6 Å². The molecule has 0 aromatic rings. The molecule has 1 amide bonds. The van der Waals surface area contributed by atoms with E-state index in [2.05, 4.69) is 12.8 Å². The molecule has 0 aromatic carbocycles. The van der Waals surface area contributed by atoms with Gasteiger partial charge in [0.1, 0.15) is 0 Å². The van der Waals surface area contributed by atoms with E-state index in [-0.39, 0.29) is 5.91 Å². The molecular weight excluding hydrogens is 200 g/mol. The first-order chi connectivity index (χ1) is 7.56. The number of carbonyl (C=O) groups excluding carboxylic acids is 1. The largest absolute Gasteiger partial charge is 0.341 e. The maximum Gasteiger partial charge on any atom is 0.240 e. The zero-order valence-corrected chi connectivity index (χ0v) is 10.3.